The van der Waals surface area contributed by atoms with Crippen molar-refractivity contribution in [1.82, 2.24) is 15.0 Å². The normalized spacial score (nSPS) is 12.2. The van der Waals surface area contributed by atoms with Gasteiger partial charge in [-0.3, -0.25) is 9.79 Å². The number of hydrogen-bond acceptors (Lipinski definition) is 7. The Labute approximate surface area is 156 Å². The van der Waals surface area contributed by atoms with Crippen LogP contribution in [0.15, 0.2) is 34.4 Å². The summed E-state index contributed by atoms with van der Waals surface area (Å²) in [5.41, 5.74) is 5.45. The fourth-order valence-electron chi connectivity index (χ4n) is 2.40. The number of carboxylic acids is 1. The molecule has 0 aliphatic carbocycles. The van der Waals surface area contributed by atoms with E-state index in [-0.39, 0.29) is 40.7 Å². The molecule has 2 heterocycles. The van der Waals surface area contributed by atoms with E-state index in [1.165, 1.54) is 12.3 Å². The maximum Gasteiger partial charge on any atom is 0.325 e. The van der Waals surface area contributed by atoms with Crippen molar-refractivity contribution in [2.24, 2.45) is 15.7 Å². The molecule has 0 atom stereocenters. The Balaban J connectivity index is 2.18. The molecule has 0 bridgehead atoms. The first kappa shape index (κ1) is 19.0. The van der Waals surface area contributed by atoms with E-state index in [1.807, 2.05) is 0 Å². The molecule has 28 heavy (non-hydrogen) atoms. The summed E-state index contributed by atoms with van der Waals surface area (Å²) in [6, 6.07) is 3.33. The Hall–Kier alpha value is -3.73. The Morgan fingerprint density at radius 2 is 2.00 bits per heavy atom. The van der Waals surface area contributed by atoms with Gasteiger partial charge in [0, 0.05) is 19.0 Å². The summed E-state index contributed by atoms with van der Waals surface area (Å²) in [6.07, 6.45) is 2.48. The number of fused-ring (bicyclic) bond motifs is 1. The zero-order valence-electron chi connectivity index (χ0n) is 14.2. The lowest BCUT2D eigenvalue weighted by molar-refractivity contribution is -0.135. The minimum atomic E-state index is -1.14. The van der Waals surface area contributed by atoms with Gasteiger partial charge in [-0.15, -0.1) is 0 Å². The van der Waals surface area contributed by atoms with Gasteiger partial charge >= 0.3 is 5.97 Å². The Kier molecular flexibility index (Phi) is 5.36. The standard InChI is InChI=1S/C17H14F2N6O3/c18-9-2-1-3-10(19)13(9)15-24-11-6-22-17(28)14(11)16(25-15)23-8(4-20)5-21-7-12(26)27/h1-3,5-6,22,28H,4,7,20H2,(H,26,27). The Morgan fingerprint density at radius 1 is 1.29 bits per heavy atom. The molecule has 144 valence electrons. The molecule has 0 aliphatic heterocycles. The molecule has 1 aromatic carbocycles. The fraction of sp³-hybridized carbons (Fsp3) is 0.118. The number of benzene rings is 1. The SMILES string of the molecule is NCC(C=NCC(=O)O)=Nc1nc(-c2c(F)cccc2F)nc2c[nH]c(O)c12. The van der Waals surface area contributed by atoms with Crippen LogP contribution in [-0.2, 0) is 4.79 Å². The molecule has 0 saturated heterocycles. The third kappa shape index (κ3) is 3.83. The summed E-state index contributed by atoms with van der Waals surface area (Å²) < 4.78 is 28.3. The van der Waals surface area contributed by atoms with Gasteiger partial charge in [0.05, 0.1) is 16.8 Å². The molecule has 3 aromatic rings. The van der Waals surface area contributed by atoms with E-state index in [0.717, 1.165) is 18.3 Å². The number of aliphatic imine (C=N–C) groups is 2. The van der Waals surface area contributed by atoms with Crippen LogP contribution >= 0.6 is 0 Å². The van der Waals surface area contributed by atoms with Crippen LogP contribution in [-0.4, -0.2) is 56.2 Å². The molecule has 0 unspecified atom stereocenters. The number of carboxylic acid groups (broad SMARTS) is 1. The first-order valence-electron chi connectivity index (χ1n) is 7.92. The maximum absolute atomic E-state index is 14.1. The van der Waals surface area contributed by atoms with E-state index in [1.54, 1.807) is 0 Å². The number of rotatable bonds is 6. The van der Waals surface area contributed by atoms with Crippen LogP contribution in [0.25, 0.3) is 22.3 Å². The summed E-state index contributed by atoms with van der Waals surface area (Å²) in [6.45, 7) is -0.609. The van der Waals surface area contributed by atoms with Crippen LogP contribution in [0.4, 0.5) is 14.6 Å². The highest BCUT2D eigenvalue weighted by Gasteiger charge is 2.19. The summed E-state index contributed by atoms with van der Waals surface area (Å²) in [7, 11) is 0. The molecule has 3 rings (SSSR count). The van der Waals surface area contributed by atoms with Crippen LogP contribution in [0.1, 0.15) is 0 Å². The second kappa shape index (κ2) is 7.88. The smallest absolute Gasteiger partial charge is 0.325 e. The summed E-state index contributed by atoms with van der Waals surface area (Å²) in [5, 5.41) is 18.8. The molecular formula is C17H14F2N6O3. The van der Waals surface area contributed by atoms with Crippen LogP contribution in [0.5, 0.6) is 5.88 Å². The first-order valence-corrected chi connectivity index (χ1v) is 7.92. The van der Waals surface area contributed by atoms with Gasteiger partial charge in [-0.2, -0.15) is 0 Å². The van der Waals surface area contributed by atoms with E-state index < -0.39 is 29.7 Å². The van der Waals surface area contributed by atoms with Gasteiger partial charge in [-0.25, -0.2) is 23.7 Å². The van der Waals surface area contributed by atoms with Gasteiger partial charge in [0.1, 0.15) is 23.6 Å². The summed E-state index contributed by atoms with van der Waals surface area (Å²) in [5.74, 6) is -3.55. The van der Waals surface area contributed by atoms with Gasteiger partial charge in [0.2, 0.25) is 5.88 Å². The van der Waals surface area contributed by atoms with Crippen molar-refractivity contribution >= 4 is 34.6 Å². The Bertz CT molecular complexity index is 1090. The average Bonchev–Trinajstić information content (AvgIpc) is 3.01. The zero-order chi connectivity index (χ0) is 20.3. The minimum absolute atomic E-state index is 0.108. The number of nitrogens with two attached hydrogens (primary N) is 1. The molecular weight excluding hydrogens is 374 g/mol. The number of aromatic hydroxyl groups is 1. The molecule has 0 amide bonds. The lowest BCUT2D eigenvalue weighted by atomic mass is 10.1. The van der Waals surface area contributed by atoms with Crippen LogP contribution in [0.2, 0.25) is 0 Å². The van der Waals surface area contributed by atoms with Gasteiger partial charge in [0.25, 0.3) is 0 Å². The lowest BCUT2D eigenvalue weighted by Crippen LogP contribution is -2.16. The largest absolute Gasteiger partial charge is 0.494 e. The number of aromatic nitrogens is 3. The van der Waals surface area contributed by atoms with Crippen LogP contribution in [0.3, 0.4) is 0 Å². The topological polar surface area (TPSA) is 150 Å². The van der Waals surface area contributed by atoms with Crippen molar-refractivity contribution in [2.45, 2.75) is 0 Å². The molecule has 9 nitrogen and oxygen atoms in total. The van der Waals surface area contributed by atoms with Gasteiger partial charge in [-0.05, 0) is 12.1 Å². The zero-order valence-corrected chi connectivity index (χ0v) is 14.2. The number of aromatic amines is 1. The van der Waals surface area contributed by atoms with Gasteiger partial charge < -0.3 is 20.9 Å². The quantitative estimate of drug-likeness (QED) is 0.473. The second-order valence-electron chi connectivity index (χ2n) is 5.54. The highest BCUT2D eigenvalue weighted by Crippen LogP contribution is 2.34. The monoisotopic (exact) mass is 388 g/mol. The summed E-state index contributed by atoms with van der Waals surface area (Å²) >= 11 is 0. The number of nitrogens with one attached hydrogen (secondary N) is 1. The van der Waals surface area contributed by atoms with Gasteiger partial charge in [0.15, 0.2) is 11.6 Å². The number of aliphatic carboxylic acids is 1. The lowest BCUT2D eigenvalue weighted by Gasteiger charge is -2.06. The maximum atomic E-state index is 14.1. The third-order valence-electron chi connectivity index (χ3n) is 3.61. The predicted octanol–water partition coefficient (Wildman–Crippen LogP) is 1.80. The van der Waals surface area contributed by atoms with Crippen LogP contribution in [0, 0.1) is 11.6 Å². The molecule has 0 saturated carbocycles. The molecule has 0 fully saturated rings. The number of carbonyl (C=O) groups is 1. The van der Waals surface area contributed by atoms with Crippen molar-refractivity contribution in [2.75, 3.05) is 13.1 Å². The third-order valence-corrected chi connectivity index (χ3v) is 3.61. The Morgan fingerprint density at radius 3 is 2.64 bits per heavy atom. The van der Waals surface area contributed by atoms with Gasteiger partial charge in [-0.1, -0.05) is 6.07 Å². The summed E-state index contributed by atoms with van der Waals surface area (Å²) in [4.78, 5) is 29.1. The van der Waals surface area contributed by atoms with Crippen molar-refractivity contribution in [1.29, 1.82) is 0 Å². The highest BCUT2D eigenvalue weighted by atomic mass is 19.1. The van der Waals surface area contributed by atoms with E-state index in [4.69, 9.17) is 10.8 Å². The van der Waals surface area contributed by atoms with E-state index in [9.17, 15) is 18.7 Å². The number of hydrogen-bond donors (Lipinski definition) is 4. The average molecular weight is 388 g/mol. The molecule has 0 aliphatic rings. The van der Waals surface area contributed by atoms with E-state index in [0.29, 0.717) is 0 Å². The van der Waals surface area contributed by atoms with E-state index >= 15 is 0 Å². The number of nitrogens with zero attached hydrogens (tertiary/aromatic N) is 4. The molecule has 2 aromatic heterocycles. The molecule has 11 heteroatoms. The number of H-pyrrole nitrogens is 1. The molecule has 0 spiro atoms. The van der Waals surface area contributed by atoms with Crippen LogP contribution < -0.4 is 5.73 Å². The number of halogens is 2. The highest BCUT2D eigenvalue weighted by molar-refractivity contribution is 6.32. The van der Waals surface area contributed by atoms with Crippen molar-refractivity contribution in [3.63, 3.8) is 0 Å². The first-order chi connectivity index (χ1) is 13.4. The minimum Gasteiger partial charge on any atom is -0.494 e. The van der Waals surface area contributed by atoms with Crippen molar-refractivity contribution < 1.29 is 23.8 Å². The fourth-order valence-corrected chi connectivity index (χ4v) is 2.40. The molecule has 5 N–H and O–H groups in total. The van der Waals surface area contributed by atoms with Crippen molar-refractivity contribution in [3.8, 4) is 17.3 Å². The molecule has 0 radical (unpaired) electrons. The predicted molar refractivity (Wildman–Crippen MR) is 98.0 cm³/mol. The van der Waals surface area contributed by atoms with E-state index in [2.05, 4.69) is 24.9 Å². The van der Waals surface area contributed by atoms with Crippen molar-refractivity contribution in [3.05, 3.63) is 36.0 Å². The second-order valence-corrected chi connectivity index (χ2v) is 5.54.